The topological polar surface area (TPSA) is 12.4 Å². The van der Waals surface area contributed by atoms with Gasteiger partial charge in [-0.3, -0.25) is 4.99 Å². The molecule has 0 fully saturated rings. The molecule has 19 heavy (non-hydrogen) atoms. The monoisotopic (exact) mass is 291 g/mol. The van der Waals surface area contributed by atoms with E-state index in [1.54, 1.807) is 0 Å². The number of halogens is 2. The highest BCUT2D eigenvalue weighted by Gasteiger charge is 2.05. The molecular weight excluding hydrogens is 277 g/mol. The van der Waals surface area contributed by atoms with E-state index in [2.05, 4.69) is 6.92 Å². The van der Waals surface area contributed by atoms with Gasteiger partial charge in [0.25, 0.3) is 0 Å². The maximum absolute atomic E-state index is 5.88. The van der Waals surface area contributed by atoms with Crippen LogP contribution in [0.15, 0.2) is 53.5 Å². The molecule has 0 heterocycles. The van der Waals surface area contributed by atoms with E-state index in [0.29, 0.717) is 0 Å². The van der Waals surface area contributed by atoms with Crippen LogP contribution in [0.3, 0.4) is 0 Å². The standard InChI is InChI=1S/C16H15Cl2N/c1-11(13-3-7-15(17)8-4-13)19-12(2)14-5-9-16(18)10-6-14/h3-11H,1-2H3/t11-/m0/s1. The van der Waals surface area contributed by atoms with Crippen LogP contribution in [0.4, 0.5) is 0 Å². The lowest BCUT2D eigenvalue weighted by molar-refractivity contribution is 0.820. The van der Waals surface area contributed by atoms with Gasteiger partial charge in [0, 0.05) is 15.8 Å². The Morgan fingerprint density at radius 2 is 1.37 bits per heavy atom. The largest absolute Gasteiger partial charge is 0.282 e. The van der Waals surface area contributed by atoms with Gasteiger partial charge in [-0.05, 0) is 49.2 Å². The summed E-state index contributed by atoms with van der Waals surface area (Å²) in [5.74, 6) is 0. The number of aliphatic imine (C=N–C) groups is 1. The Balaban J connectivity index is 2.20. The first-order valence-electron chi connectivity index (χ1n) is 6.12. The van der Waals surface area contributed by atoms with Gasteiger partial charge in [-0.2, -0.15) is 0 Å². The lowest BCUT2D eigenvalue weighted by Crippen LogP contribution is -1.98. The van der Waals surface area contributed by atoms with Crippen LogP contribution in [0.5, 0.6) is 0 Å². The van der Waals surface area contributed by atoms with Crippen molar-refractivity contribution in [2.24, 2.45) is 4.99 Å². The normalized spacial score (nSPS) is 13.4. The summed E-state index contributed by atoms with van der Waals surface area (Å²) in [6.07, 6.45) is 0. The van der Waals surface area contributed by atoms with Crippen LogP contribution in [0, 0.1) is 0 Å². The van der Waals surface area contributed by atoms with E-state index in [9.17, 15) is 0 Å². The van der Waals surface area contributed by atoms with Crippen molar-refractivity contribution >= 4 is 28.9 Å². The second-order valence-corrected chi connectivity index (χ2v) is 5.32. The van der Waals surface area contributed by atoms with Crippen molar-refractivity contribution in [2.45, 2.75) is 19.9 Å². The molecule has 0 saturated carbocycles. The molecule has 0 aromatic heterocycles. The molecule has 0 aliphatic heterocycles. The van der Waals surface area contributed by atoms with Gasteiger partial charge in [-0.15, -0.1) is 0 Å². The first kappa shape index (κ1) is 14.1. The van der Waals surface area contributed by atoms with Crippen molar-refractivity contribution in [3.8, 4) is 0 Å². The summed E-state index contributed by atoms with van der Waals surface area (Å²) in [5, 5.41) is 1.48. The minimum Gasteiger partial charge on any atom is -0.282 e. The Hall–Kier alpha value is -1.31. The number of nitrogens with zero attached hydrogens (tertiary/aromatic N) is 1. The summed E-state index contributed by atoms with van der Waals surface area (Å²) in [7, 11) is 0. The Labute approximate surface area is 123 Å². The SMILES string of the molecule is CC(=N[C@@H](C)c1ccc(Cl)cc1)c1ccc(Cl)cc1. The zero-order chi connectivity index (χ0) is 13.8. The first-order chi connectivity index (χ1) is 9.06. The highest BCUT2D eigenvalue weighted by molar-refractivity contribution is 6.30. The highest BCUT2D eigenvalue weighted by Crippen LogP contribution is 2.20. The van der Waals surface area contributed by atoms with Gasteiger partial charge in [0.05, 0.1) is 6.04 Å². The quantitative estimate of drug-likeness (QED) is 0.656. The van der Waals surface area contributed by atoms with Crippen LogP contribution in [-0.4, -0.2) is 5.71 Å². The maximum atomic E-state index is 5.88. The molecule has 0 aliphatic rings. The predicted octanol–water partition coefficient (Wildman–Crippen LogP) is 5.56. The minimum absolute atomic E-state index is 0.105. The number of rotatable bonds is 3. The van der Waals surface area contributed by atoms with Gasteiger partial charge in [-0.1, -0.05) is 47.5 Å². The molecule has 1 atom stereocenters. The molecular formula is C16H15Cl2N. The van der Waals surface area contributed by atoms with E-state index < -0.39 is 0 Å². The Morgan fingerprint density at radius 3 is 1.89 bits per heavy atom. The summed E-state index contributed by atoms with van der Waals surface area (Å²) in [6, 6.07) is 15.6. The highest BCUT2D eigenvalue weighted by atomic mass is 35.5. The van der Waals surface area contributed by atoms with Crippen LogP contribution >= 0.6 is 23.2 Å². The van der Waals surface area contributed by atoms with Gasteiger partial charge in [0.1, 0.15) is 0 Å². The zero-order valence-corrected chi connectivity index (χ0v) is 12.4. The van der Waals surface area contributed by atoms with Crippen LogP contribution in [0.2, 0.25) is 10.0 Å². The summed E-state index contributed by atoms with van der Waals surface area (Å²) in [5.41, 5.74) is 3.24. The van der Waals surface area contributed by atoms with Crippen LogP contribution in [0.25, 0.3) is 0 Å². The lowest BCUT2D eigenvalue weighted by atomic mass is 10.1. The average Bonchev–Trinajstić information content (AvgIpc) is 2.40. The molecule has 2 aromatic rings. The van der Waals surface area contributed by atoms with E-state index >= 15 is 0 Å². The molecule has 0 unspecified atom stereocenters. The minimum atomic E-state index is 0.105. The second-order valence-electron chi connectivity index (χ2n) is 4.45. The molecule has 3 heteroatoms. The van der Waals surface area contributed by atoms with Crippen molar-refractivity contribution in [1.29, 1.82) is 0 Å². The molecule has 0 bridgehead atoms. The number of hydrogen-bond acceptors (Lipinski definition) is 1. The van der Waals surface area contributed by atoms with Crippen molar-refractivity contribution in [3.05, 3.63) is 69.7 Å². The van der Waals surface area contributed by atoms with Crippen LogP contribution in [-0.2, 0) is 0 Å². The molecule has 2 rings (SSSR count). The third-order valence-electron chi connectivity index (χ3n) is 3.00. The second kappa shape index (κ2) is 6.23. The summed E-state index contributed by atoms with van der Waals surface area (Å²) in [6.45, 7) is 4.08. The molecule has 0 N–H and O–H groups in total. The number of benzene rings is 2. The van der Waals surface area contributed by atoms with E-state index in [1.165, 1.54) is 0 Å². The molecule has 0 radical (unpaired) electrons. The fourth-order valence-corrected chi connectivity index (χ4v) is 2.12. The molecule has 98 valence electrons. The predicted molar refractivity (Wildman–Crippen MR) is 83.5 cm³/mol. The molecule has 1 nitrogen and oxygen atoms in total. The Morgan fingerprint density at radius 1 is 0.895 bits per heavy atom. The van der Waals surface area contributed by atoms with E-state index in [1.807, 2.05) is 55.5 Å². The molecule has 0 amide bonds. The summed E-state index contributed by atoms with van der Waals surface area (Å²) >= 11 is 11.8. The molecule has 0 spiro atoms. The van der Waals surface area contributed by atoms with E-state index in [0.717, 1.165) is 26.9 Å². The molecule has 0 aliphatic carbocycles. The van der Waals surface area contributed by atoms with Crippen molar-refractivity contribution in [3.63, 3.8) is 0 Å². The Kier molecular flexibility index (Phi) is 4.62. The maximum Gasteiger partial charge on any atom is 0.0724 e. The Bertz CT molecular complexity index is 571. The molecule has 0 saturated heterocycles. The average molecular weight is 292 g/mol. The third kappa shape index (κ3) is 3.82. The van der Waals surface area contributed by atoms with Gasteiger partial charge in [0.15, 0.2) is 0 Å². The van der Waals surface area contributed by atoms with Crippen molar-refractivity contribution in [2.75, 3.05) is 0 Å². The van der Waals surface area contributed by atoms with Gasteiger partial charge in [0.2, 0.25) is 0 Å². The van der Waals surface area contributed by atoms with E-state index in [-0.39, 0.29) is 6.04 Å². The van der Waals surface area contributed by atoms with Gasteiger partial charge >= 0.3 is 0 Å². The number of hydrogen-bond donors (Lipinski definition) is 0. The van der Waals surface area contributed by atoms with Crippen molar-refractivity contribution in [1.82, 2.24) is 0 Å². The van der Waals surface area contributed by atoms with Gasteiger partial charge in [-0.25, -0.2) is 0 Å². The van der Waals surface area contributed by atoms with Crippen molar-refractivity contribution < 1.29 is 0 Å². The summed E-state index contributed by atoms with van der Waals surface area (Å²) in [4.78, 5) is 4.71. The lowest BCUT2D eigenvalue weighted by Gasteiger charge is -2.09. The van der Waals surface area contributed by atoms with Crippen LogP contribution < -0.4 is 0 Å². The first-order valence-corrected chi connectivity index (χ1v) is 6.87. The van der Waals surface area contributed by atoms with Crippen LogP contribution in [0.1, 0.15) is 31.0 Å². The summed E-state index contributed by atoms with van der Waals surface area (Å²) < 4.78 is 0. The van der Waals surface area contributed by atoms with E-state index in [4.69, 9.17) is 28.2 Å². The van der Waals surface area contributed by atoms with Gasteiger partial charge < -0.3 is 0 Å². The fraction of sp³-hybridized carbons (Fsp3) is 0.188. The zero-order valence-electron chi connectivity index (χ0n) is 10.9. The smallest absolute Gasteiger partial charge is 0.0724 e. The fourth-order valence-electron chi connectivity index (χ4n) is 1.87. The molecule has 2 aromatic carbocycles. The third-order valence-corrected chi connectivity index (χ3v) is 3.51.